The molecule has 0 N–H and O–H groups in total. The second kappa shape index (κ2) is 14.9. The molecule has 0 saturated carbocycles. The van der Waals surface area contributed by atoms with Gasteiger partial charge in [0.25, 0.3) is 0 Å². The fourth-order valence-corrected chi connectivity index (χ4v) is 0. The fourth-order valence-electron chi connectivity index (χ4n) is 0. The molecule has 0 aromatic carbocycles. The van der Waals surface area contributed by atoms with E-state index in [1.807, 2.05) is 0 Å². The second-order valence-corrected chi connectivity index (χ2v) is 3.18. The average molecular weight is 256 g/mol. The third-order valence-corrected chi connectivity index (χ3v) is 0.697. The van der Waals surface area contributed by atoms with Gasteiger partial charge in [-0.3, -0.25) is 0 Å². The smallest absolute Gasteiger partial charge is 0.852 e. The van der Waals surface area contributed by atoms with Gasteiger partial charge in [0.05, 0.1) is 11.9 Å². The summed E-state index contributed by atoms with van der Waals surface area (Å²) in [7, 11) is 0. The fraction of sp³-hybridized carbons (Fsp3) is 0.455. The average Bonchev–Trinajstić information content (AvgIpc) is 2.03. The van der Waals surface area contributed by atoms with Crippen molar-refractivity contribution >= 4 is 29.3 Å². The van der Waals surface area contributed by atoms with E-state index < -0.39 is 18.0 Å². The molecule has 0 amide bonds. The topological polar surface area (TPSA) is 103 Å². The Kier molecular flexibility index (Phi) is 21.9. The molecule has 5 nitrogen and oxygen atoms in total. The monoisotopic (exact) mass is 256 g/mol. The molecule has 0 aliphatic heterocycles. The number of carbonyl (C=O) groups is 2. The van der Waals surface area contributed by atoms with Gasteiger partial charge in [0.1, 0.15) is 0 Å². The van der Waals surface area contributed by atoms with Gasteiger partial charge in [0, 0.05) is 0 Å². The van der Waals surface area contributed by atoms with Gasteiger partial charge in [-0.15, -0.1) is 6.10 Å². The first-order chi connectivity index (χ1) is 7.02. The molecule has 0 heterocycles. The summed E-state index contributed by atoms with van der Waals surface area (Å²) < 4.78 is 0. The summed E-state index contributed by atoms with van der Waals surface area (Å²) in [5, 5.41) is 28.5. The van der Waals surface area contributed by atoms with Crippen molar-refractivity contribution in [2.45, 2.75) is 33.8 Å². The molecule has 0 spiro atoms. The number of hydrogen-bond acceptors (Lipinski definition) is 5. The maximum Gasteiger partial charge on any atom is 3.00 e. The Balaban J connectivity index is -0.0000000741. The zero-order valence-electron chi connectivity index (χ0n) is 10.6. The van der Waals surface area contributed by atoms with Crippen molar-refractivity contribution in [1.29, 1.82) is 0 Å². The van der Waals surface area contributed by atoms with Gasteiger partial charge < -0.3 is 24.9 Å². The van der Waals surface area contributed by atoms with Crippen LogP contribution in [0.2, 0.25) is 0 Å². The van der Waals surface area contributed by atoms with E-state index in [4.69, 9.17) is 0 Å². The van der Waals surface area contributed by atoms with Crippen LogP contribution in [0.3, 0.4) is 0 Å². The van der Waals surface area contributed by atoms with Gasteiger partial charge >= 0.3 is 17.4 Å². The summed E-state index contributed by atoms with van der Waals surface area (Å²) in [4.78, 5) is 19.0. The van der Waals surface area contributed by atoms with Crippen LogP contribution in [0.1, 0.15) is 27.7 Å². The van der Waals surface area contributed by atoms with Crippen molar-refractivity contribution in [1.82, 2.24) is 0 Å². The summed E-state index contributed by atoms with van der Waals surface area (Å²) in [5.41, 5.74) is 0.130. The molecule has 17 heavy (non-hydrogen) atoms. The molecule has 94 valence electrons. The van der Waals surface area contributed by atoms with Crippen molar-refractivity contribution < 1.29 is 24.9 Å². The van der Waals surface area contributed by atoms with Crippen molar-refractivity contribution in [3.63, 3.8) is 0 Å². The zero-order valence-corrected chi connectivity index (χ0v) is 11.8. The molecule has 0 aliphatic carbocycles. The van der Waals surface area contributed by atoms with Crippen molar-refractivity contribution in [3.05, 3.63) is 24.3 Å². The Bertz CT molecular complexity index is 208. The first kappa shape index (κ1) is 24.9. The van der Waals surface area contributed by atoms with E-state index in [2.05, 4.69) is 13.2 Å². The molecule has 0 atom stereocenters. The molecule has 0 aliphatic rings. The number of rotatable bonds is 2. The molecule has 0 aromatic rings. The Labute approximate surface area is 113 Å². The molecular formula is C11H17AlO5. The van der Waals surface area contributed by atoms with Crippen LogP contribution < -0.4 is 15.3 Å². The summed E-state index contributed by atoms with van der Waals surface area (Å²) in [6.07, 6.45) is -0.417. The molecule has 0 unspecified atom stereocenters. The van der Waals surface area contributed by atoms with Crippen molar-refractivity contribution in [2.75, 3.05) is 0 Å². The van der Waals surface area contributed by atoms with Gasteiger partial charge in [0.2, 0.25) is 0 Å². The maximum atomic E-state index is 9.53. The number of carbonyl (C=O) groups excluding carboxylic acids is 2. The summed E-state index contributed by atoms with van der Waals surface area (Å²) >= 11 is 0. The van der Waals surface area contributed by atoms with Crippen LogP contribution in [0.25, 0.3) is 0 Å². The number of carboxylic acid groups (broad SMARTS) is 2. The van der Waals surface area contributed by atoms with Crippen LogP contribution in [-0.4, -0.2) is 35.4 Å². The molecule has 0 bridgehead atoms. The van der Waals surface area contributed by atoms with Crippen molar-refractivity contribution in [2.24, 2.45) is 0 Å². The molecule has 0 radical (unpaired) electrons. The first-order valence-corrected chi connectivity index (χ1v) is 4.41. The number of carboxylic acids is 2. The quantitative estimate of drug-likeness (QED) is 0.420. The van der Waals surface area contributed by atoms with Crippen LogP contribution in [0.5, 0.6) is 0 Å². The molecule has 0 saturated heterocycles. The van der Waals surface area contributed by atoms with E-state index in [1.54, 1.807) is 13.8 Å². The number of hydrogen-bond donors (Lipinski definition) is 0. The molecular weight excluding hydrogens is 239 g/mol. The van der Waals surface area contributed by atoms with Gasteiger partial charge in [-0.05, 0) is 25.0 Å². The van der Waals surface area contributed by atoms with E-state index in [0.29, 0.717) is 0 Å². The molecule has 0 aromatic heterocycles. The normalized spacial score (nSPS) is 7.41. The van der Waals surface area contributed by atoms with Gasteiger partial charge in [-0.2, -0.15) is 0 Å². The second-order valence-electron chi connectivity index (χ2n) is 3.18. The maximum absolute atomic E-state index is 9.53. The Morgan fingerprint density at radius 1 is 0.941 bits per heavy atom. The summed E-state index contributed by atoms with van der Waals surface area (Å²) in [5.74, 6) is -2.37. The third kappa shape index (κ3) is 52.0. The van der Waals surface area contributed by atoms with E-state index in [0.717, 1.165) is 0 Å². The predicted octanol–water partition coefficient (Wildman–Crippen LogP) is -2.00. The van der Waals surface area contributed by atoms with Crippen LogP contribution in [0.4, 0.5) is 0 Å². The van der Waals surface area contributed by atoms with Crippen LogP contribution in [0, 0.1) is 0 Å². The Morgan fingerprint density at radius 3 is 1.00 bits per heavy atom. The molecule has 6 heteroatoms. The van der Waals surface area contributed by atoms with Crippen molar-refractivity contribution in [3.8, 4) is 0 Å². The third-order valence-electron chi connectivity index (χ3n) is 0.697. The minimum atomic E-state index is -1.19. The van der Waals surface area contributed by atoms with Crippen LogP contribution in [-0.2, 0) is 9.59 Å². The van der Waals surface area contributed by atoms with Crippen LogP contribution >= 0.6 is 0 Å². The first-order valence-electron chi connectivity index (χ1n) is 4.41. The summed E-state index contributed by atoms with van der Waals surface area (Å²) in [6, 6.07) is 0. The van der Waals surface area contributed by atoms with Gasteiger partial charge in [-0.1, -0.05) is 27.0 Å². The van der Waals surface area contributed by atoms with Gasteiger partial charge in [0.15, 0.2) is 0 Å². The summed E-state index contributed by atoms with van der Waals surface area (Å²) in [6.45, 7) is 12.2. The van der Waals surface area contributed by atoms with E-state index in [-0.39, 0.29) is 28.5 Å². The predicted molar refractivity (Wildman–Crippen MR) is 60.5 cm³/mol. The number of aliphatic carboxylic acids is 2. The van der Waals surface area contributed by atoms with E-state index >= 15 is 0 Å². The van der Waals surface area contributed by atoms with Crippen LogP contribution in [0.15, 0.2) is 24.3 Å². The molecule has 0 rings (SSSR count). The minimum absolute atomic E-state index is 0. The van der Waals surface area contributed by atoms with E-state index in [9.17, 15) is 24.9 Å². The SMILES string of the molecule is C=C(C)C(=O)[O-].C=C(C)C(=O)[O-].CC(C)[O-].[Al+3]. The molecule has 0 fully saturated rings. The standard InChI is InChI=1S/2C4H6O2.C3H7O.Al/c2*1-3(2)4(5)6;1-3(2)4;/h2*1H2,2H3,(H,5,6);3H,1-2H3;/q;;-1;+3/p-2. The zero-order chi connectivity index (χ0) is 13.9. The van der Waals surface area contributed by atoms with Gasteiger partial charge in [-0.25, -0.2) is 0 Å². The Hall–Kier alpha value is -1.09. The van der Waals surface area contributed by atoms with E-state index in [1.165, 1.54) is 13.8 Å². The minimum Gasteiger partial charge on any atom is -0.852 e. The Morgan fingerprint density at radius 2 is 1.00 bits per heavy atom. The largest absolute Gasteiger partial charge is 3.00 e.